The predicted octanol–water partition coefficient (Wildman–Crippen LogP) is 3.77. The number of para-hydroxylation sites is 2. The number of nitrogens with zero attached hydrogens (tertiary/aromatic N) is 4. The lowest BCUT2D eigenvalue weighted by atomic mass is 10.2. The normalized spacial score (nSPS) is 15.9. The number of ether oxygens (including phenoxy) is 1. The molecule has 0 spiro atoms. The van der Waals surface area contributed by atoms with Crippen molar-refractivity contribution in [1.29, 1.82) is 0 Å². The van der Waals surface area contributed by atoms with Crippen molar-refractivity contribution in [3.05, 3.63) is 59.1 Å². The molecule has 1 aliphatic rings. The fourth-order valence-electron chi connectivity index (χ4n) is 3.13. The van der Waals surface area contributed by atoms with Crippen LogP contribution in [0.2, 0.25) is 5.02 Å². The Bertz CT molecular complexity index is 898. The molecule has 0 amide bonds. The minimum absolute atomic E-state index is 0.722. The summed E-state index contributed by atoms with van der Waals surface area (Å²) in [5.41, 5.74) is 3.09. The van der Waals surface area contributed by atoms with E-state index in [9.17, 15) is 0 Å². The third-order valence-corrected chi connectivity index (χ3v) is 4.83. The maximum absolute atomic E-state index is 5.95. The van der Waals surface area contributed by atoms with E-state index < -0.39 is 0 Å². The zero-order chi connectivity index (χ0) is 17.8. The maximum atomic E-state index is 5.95. The van der Waals surface area contributed by atoms with Gasteiger partial charge in [0.1, 0.15) is 0 Å². The summed E-state index contributed by atoms with van der Waals surface area (Å²) in [6, 6.07) is 15.8. The van der Waals surface area contributed by atoms with Crippen LogP contribution in [0.5, 0.6) is 0 Å². The van der Waals surface area contributed by atoms with Gasteiger partial charge >= 0.3 is 0 Å². The average molecular weight is 369 g/mol. The number of morpholine rings is 1. The summed E-state index contributed by atoms with van der Waals surface area (Å²) < 4.78 is 7.62. The van der Waals surface area contributed by atoms with Crippen LogP contribution in [0.4, 0.5) is 5.95 Å². The van der Waals surface area contributed by atoms with E-state index in [1.807, 2.05) is 48.7 Å². The van der Waals surface area contributed by atoms with Gasteiger partial charge in [0.25, 0.3) is 0 Å². The molecular formula is C20H21ClN4O. The first-order valence-corrected chi connectivity index (χ1v) is 9.22. The molecule has 1 aliphatic heterocycles. The molecule has 0 bridgehead atoms. The van der Waals surface area contributed by atoms with Crippen LogP contribution in [-0.4, -0.2) is 53.5 Å². The third-order valence-electron chi connectivity index (χ3n) is 4.58. The van der Waals surface area contributed by atoms with E-state index in [1.165, 1.54) is 0 Å². The maximum Gasteiger partial charge on any atom is 0.230 e. The smallest absolute Gasteiger partial charge is 0.230 e. The number of hydrogen-bond donors (Lipinski definition) is 0. The van der Waals surface area contributed by atoms with Crippen molar-refractivity contribution in [2.45, 2.75) is 6.54 Å². The molecule has 1 fully saturated rings. The van der Waals surface area contributed by atoms with Crippen molar-refractivity contribution < 1.29 is 4.74 Å². The number of aromatic nitrogens is 2. The monoisotopic (exact) mass is 368 g/mol. The van der Waals surface area contributed by atoms with Gasteiger partial charge < -0.3 is 9.30 Å². The largest absolute Gasteiger partial charge is 0.379 e. The molecule has 0 saturated carbocycles. The highest BCUT2D eigenvalue weighted by Crippen LogP contribution is 2.22. The van der Waals surface area contributed by atoms with Crippen LogP contribution in [-0.2, 0) is 11.3 Å². The molecule has 6 heteroatoms. The predicted molar refractivity (Wildman–Crippen MR) is 106 cm³/mol. The molecule has 3 aromatic rings. The van der Waals surface area contributed by atoms with E-state index in [2.05, 4.69) is 20.5 Å². The first-order valence-electron chi connectivity index (χ1n) is 8.84. The first kappa shape index (κ1) is 17.2. The Labute approximate surface area is 157 Å². The van der Waals surface area contributed by atoms with Crippen molar-refractivity contribution in [2.75, 3.05) is 32.8 Å². The Morgan fingerprint density at radius 3 is 2.62 bits per heavy atom. The van der Waals surface area contributed by atoms with Crippen molar-refractivity contribution in [3.63, 3.8) is 0 Å². The minimum Gasteiger partial charge on any atom is -0.379 e. The van der Waals surface area contributed by atoms with Gasteiger partial charge in [0.2, 0.25) is 5.95 Å². The number of benzene rings is 2. The second kappa shape index (κ2) is 7.99. The fraction of sp³-hybridized carbons (Fsp3) is 0.300. The fourth-order valence-corrected chi connectivity index (χ4v) is 3.26. The number of imidazole rings is 1. The molecule has 26 heavy (non-hydrogen) atoms. The number of hydrogen-bond acceptors (Lipinski definition) is 4. The number of rotatable bonds is 5. The molecule has 2 aromatic carbocycles. The molecule has 5 nitrogen and oxygen atoms in total. The van der Waals surface area contributed by atoms with Crippen molar-refractivity contribution >= 4 is 34.8 Å². The van der Waals surface area contributed by atoms with Crippen molar-refractivity contribution in [3.8, 4) is 0 Å². The lowest BCUT2D eigenvalue weighted by Gasteiger charge is -2.26. The van der Waals surface area contributed by atoms with Crippen LogP contribution < -0.4 is 0 Å². The molecule has 1 saturated heterocycles. The summed E-state index contributed by atoms with van der Waals surface area (Å²) in [5.74, 6) is 0.731. The van der Waals surface area contributed by atoms with E-state index >= 15 is 0 Å². The molecule has 0 radical (unpaired) electrons. The summed E-state index contributed by atoms with van der Waals surface area (Å²) in [6.45, 7) is 5.41. The summed E-state index contributed by atoms with van der Waals surface area (Å²) >= 11 is 5.95. The SMILES string of the molecule is Clc1ccc(C=Nc2nc3ccccc3n2CCN2CCOCC2)cc1. The highest BCUT2D eigenvalue weighted by Gasteiger charge is 2.13. The Balaban J connectivity index is 1.59. The lowest BCUT2D eigenvalue weighted by Crippen LogP contribution is -2.38. The van der Waals surface area contributed by atoms with Gasteiger partial charge in [0.15, 0.2) is 0 Å². The van der Waals surface area contributed by atoms with Gasteiger partial charge in [-0.2, -0.15) is 0 Å². The third kappa shape index (κ3) is 3.96. The summed E-state index contributed by atoms with van der Waals surface area (Å²) in [4.78, 5) is 11.8. The summed E-state index contributed by atoms with van der Waals surface area (Å²) in [6.07, 6.45) is 1.84. The van der Waals surface area contributed by atoms with Gasteiger partial charge in [-0.15, -0.1) is 0 Å². The molecule has 1 aromatic heterocycles. The number of aliphatic imine (C=N–C) groups is 1. The van der Waals surface area contributed by atoms with Crippen LogP contribution in [0.25, 0.3) is 11.0 Å². The lowest BCUT2D eigenvalue weighted by molar-refractivity contribution is 0.0366. The van der Waals surface area contributed by atoms with Crippen LogP contribution in [0, 0.1) is 0 Å². The van der Waals surface area contributed by atoms with Crippen LogP contribution >= 0.6 is 11.6 Å². The summed E-state index contributed by atoms with van der Waals surface area (Å²) in [7, 11) is 0. The van der Waals surface area contributed by atoms with Crippen LogP contribution in [0.1, 0.15) is 5.56 Å². The van der Waals surface area contributed by atoms with E-state index in [0.717, 1.165) is 67.0 Å². The number of fused-ring (bicyclic) bond motifs is 1. The standard InChI is InChI=1S/C20H21ClN4O/c21-17-7-5-16(6-8-17)15-22-20-23-18-3-1-2-4-19(18)25(20)10-9-24-11-13-26-14-12-24/h1-8,15H,9-14H2. The Hall–Kier alpha value is -2.21. The highest BCUT2D eigenvalue weighted by atomic mass is 35.5. The van der Waals surface area contributed by atoms with Crippen molar-refractivity contribution in [2.24, 2.45) is 4.99 Å². The quantitative estimate of drug-likeness (QED) is 0.644. The van der Waals surface area contributed by atoms with Gasteiger partial charge in [0.05, 0.1) is 24.2 Å². The molecule has 0 N–H and O–H groups in total. The number of halogens is 1. The van der Waals surface area contributed by atoms with Gasteiger partial charge in [0, 0.05) is 37.4 Å². The first-order chi connectivity index (χ1) is 12.8. The topological polar surface area (TPSA) is 42.7 Å². The molecule has 2 heterocycles. The molecule has 4 rings (SSSR count). The van der Waals surface area contributed by atoms with Crippen LogP contribution in [0.3, 0.4) is 0 Å². The van der Waals surface area contributed by atoms with Gasteiger partial charge in [-0.1, -0.05) is 35.9 Å². The Kier molecular flexibility index (Phi) is 5.29. The van der Waals surface area contributed by atoms with E-state index in [1.54, 1.807) is 0 Å². The van der Waals surface area contributed by atoms with Gasteiger partial charge in [-0.05, 0) is 29.8 Å². The van der Waals surface area contributed by atoms with E-state index in [0.29, 0.717) is 0 Å². The van der Waals surface area contributed by atoms with Crippen molar-refractivity contribution in [1.82, 2.24) is 14.5 Å². The molecule has 0 unspecified atom stereocenters. The second-order valence-corrected chi connectivity index (χ2v) is 6.75. The van der Waals surface area contributed by atoms with E-state index in [-0.39, 0.29) is 0 Å². The Morgan fingerprint density at radius 1 is 1.04 bits per heavy atom. The van der Waals surface area contributed by atoms with Gasteiger partial charge in [-0.3, -0.25) is 4.90 Å². The minimum atomic E-state index is 0.722. The molecule has 134 valence electrons. The molecule has 0 atom stereocenters. The highest BCUT2D eigenvalue weighted by molar-refractivity contribution is 6.30. The van der Waals surface area contributed by atoms with Gasteiger partial charge in [-0.25, -0.2) is 9.98 Å². The molecule has 0 aliphatic carbocycles. The molecular weight excluding hydrogens is 348 g/mol. The average Bonchev–Trinajstić information content (AvgIpc) is 3.04. The zero-order valence-corrected chi connectivity index (χ0v) is 15.3. The second-order valence-electron chi connectivity index (χ2n) is 6.32. The van der Waals surface area contributed by atoms with Crippen LogP contribution in [0.15, 0.2) is 53.5 Å². The van der Waals surface area contributed by atoms with E-state index in [4.69, 9.17) is 21.3 Å². The Morgan fingerprint density at radius 2 is 1.81 bits per heavy atom. The zero-order valence-electron chi connectivity index (χ0n) is 14.5. The summed E-state index contributed by atoms with van der Waals surface area (Å²) in [5, 5.41) is 0.722.